The van der Waals surface area contributed by atoms with E-state index in [0.717, 1.165) is 12.0 Å². The molecule has 94 valence electrons. The zero-order chi connectivity index (χ0) is 13.1. The van der Waals surface area contributed by atoms with Crippen molar-refractivity contribution >= 4 is 23.4 Å². The van der Waals surface area contributed by atoms with Crippen molar-refractivity contribution in [1.29, 1.82) is 0 Å². The molecule has 4 heteroatoms. The SMILES string of the molecule is CCC(C)(C)c1ccc(NC(=O)OC)c(Cl)c1. The van der Waals surface area contributed by atoms with E-state index >= 15 is 0 Å². The van der Waals surface area contributed by atoms with Crippen molar-refractivity contribution in [2.45, 2.75) is 32.6 Å². The van der Waals surface area contributed by atoms with E-state index in [0.29, 0.717) is 10.7 Å². The van der Waals surface area contributed by atoms with Crippen molar-refractivity contribution in [1.82, 2.24) is 0 Å². The molecular weight excluding hydrogens is 238 g/mol. The first-order valence-electron chi connectivity index (χ1n) is 5.55. The first-order chi connectivity index (χ1) is 7.90. The molecule has 0 fully saturated rings. The zero-order valence-electron chi connectivity index (χ0n) is 10.6. The summed E-state index contributed by atoms with van der Waals surface area (Å²) < 4.78 is 4.52. The quantitative estimate of drug-likeness (QED) is 0.879. The third-order valence-corrected chi connectivity index (χ3v) is 3.37. The molecule has 1 N–H and O–H groups in total. The van der Waals surface area contributed by atoms with Gasteiger partial charge in [-0.3, -0.25) is 5.32 Å². The number of hydrogen-bond donors (Lipinski definition) is 1. The van der Waals surface area contributed by atoms with Gasteiger partial charge in [0, 0.05) is 0 Å². The topological polar surface area (TPSA) is 38.3 Å². The predicted molar refractivity (Wildman–Crippen MR) is 70.8 cm³/mol. The molecule has 1 aromatic rings. The normalized spacial score (nSPS) is 11.1. The van der Waals surface area contributed by atoms with Crippen LogP contribution in [0.5, 0.6) is 0 Å². The van der Waals surface area contributed by atoms with Crippen LogP contribution in [-0.2, 0) is 10.2 Å². The Hall–Kier alpha value is -1.22. The maximum atomic E-state index is 11.1. The Labute approximate surface area is 107 Å². The van der Waals surface area contributed by atoms with Gasteiger partial charge in [-0.15, -0.1) is 0 Å². The van der Waals surface area contributed by atoms with Gasteiger partial charge in [-0.1, -0.05) is 38.4 Å². The molecule has 0 unspecified atom stereocenters. The van der Waals surface area contributed by atoms with Crippen LogP contribution in [0.3, 0.4) is 0 Å². The lowest BCUT2D eigenvalue weighted by atomic mass is 9.82. The van der Waals surface area contributed by atoms with Crippen molar-refractivity contribution in [3.8, 4) is 0 Å². The molecule has 1 amide bonds. The first-order valence-corrected chi connectivity index (χ1v) is 5.93. The number of methoxy groups -OCH3 is 1. The zero-order valence-corrected chi connectivity index (χ0v) is 11.4. The third-order valence-electron chi connectivity index (χ3n) is 3.06. The minimum Gasteiger partial charge on any atom is -0.453 e. The van der Waals surface area contributed by atoms with Crippen molar-refractivity contribution in [2.75, 3.05) is 12.4 Å². The van der Waals surface area contributed by atoms with E-state index in [4.69, 9.17) is 11.6 Å². The average Bonchev–Trinajstić information content (AvgIpc) is 2.31. The standard InChI is InChI=1S/C13H18ClNO2/c1-5-13(2,3)9-6-7-11(10(14)8-9)15-12(16)17-4/h6-8H,5H2,1-4H3,(H,15,16). The molecule has 0 saturated heterocycles. The maximum absolute atomic E-state index is 11.1. The minimum absolute atomic E-state index is 0.0768. The van der Waals surface area contributed by atoms with E-state index in [1.54, 1.807) is 6.07 Å². The second-order valence-corrected chi connectivity index (χ2v) is 4.96. The summed E-state index contributed by atoms with van der Waals surface area (Å²) in [7, 11) is 1.32. The van der Waals surface area contributed by atoms with Crippen molar-refractivity contribution < 1.29 is 9.53 Å². The fourth-order valence-corrected chi connectivity index (χ4v) is 1.63. The Morgan fingerprint density at radius 2 is 2.12 bits per heavy atom. The van der Waals surface area contributed by atoms with Crippen LogP contribution < -0.4 is 5.32 Å². The van der Waals surface area contributed by atoms with Crippen LogP contribution in [0.2, 0.25) is 5.02 Å². The fraction of sp³-hybridized carbons (Fsp3) is 0.462. The van der Waals surface area contributed by atoms with E-state index in [1.165, 1.54) is 7.11 Å². The summed E-state index contributed by atoms with van der Waals surface area (Å²) in [6.07, 6.45) is 0.502. The van der Waals surface area contributed by atoms with Gasteiger partial charge >= 0.3 is 6.09 Å². The molecule has 0 aliphatic rings. The summed E-state index contributed by atoms with van der Waals surface area (Å²) in [6, 6.07) is 5.66. The predicted octanol–water partition coefficient (Wildman–Crippen LogP) is 4.21. The Kier molecular flexibility index (Phi) is 4.40. The molecule has 0 aliphatic carbocycles. The number of benzene rings is 1. The molecule has 0 bridgehead atoms. The molecule has 0 atom stereocenters. The van der Waals surface area contributed by atoms with E-state index in [-0.39, 0.29) is 5.41 Å². The highest BCUT2D eigenvalue weighted by Gasteiger charge is 2.19. The Morgan fingerprint density at radius 1 is 1.47 bits per heavy atom. The maximum Gasteiger partial charge on any atom is 0.411 e. The lowest BCUT2D eigenvalue weighted by Crippen LogP contribution is -2.16. The van der Waals surface area contributed by atoms with Gasteiger partial charge in [-0.25, -0.2) is 4.79 Å². The van der Waals surface area contributed by atoms with Gasteiger partial charge in [0.2, 0.25) is 0 Å². The molecule has 3 nitrogen and oxygen atoms in total. The number of halogens is 1. The molecule has 1 rings (SSSR count). The van der Waals surface area contributed by atoms with Crippen LogP contribution in [0.1, 0.15) is 32.8 Å². The summed E-state index contributed by atoms with van der Waals surface area (Å²) >= 11 is 6.12. The van der Waals surface area contributed by atoms with Gasteiger partial charge in [0.15, 0.2) is 0 Å². The first kappa shape index (κ1) is 13.8. The highest BCUT2D eigenvalue weighted by Crippen LogP contribution is 2.32. The highest BCUT2D eigenvalue weighted by atomic mass is 35.5. The van der Waals surface area contributed by atoms with Gasteiger partial charge in [0.1, 0.15) is 0 Å². The Balaban J connectivity index is 2.98. The molecule has 1 aromatic carbocycles. The summed E-state index contributed by atoms with van der Waals surface area (Å²) in [5, 5.41) is 3.09. The van der Waals surface area contributed by atoms with Gasteiger partial charge < -0.3 is 4.74 Å². The van der Waals surface area contributed by atoms with Crippen molar-refractivity contribution in [2.24, 2.45) is 0 Å². The van der Waals surface area contributed by atoms with E-state index in [9.17, 15) is 4.79 Å². The average molecular weight is 256 g/mol. The van der Waals surface area contributed by atoms with Crippen LogP contribution in [0.25, 0.3) is 0 Å². The lowest BCUT2D eigenvalue weighted by molar-refractivity contribution is 0.187. The number of carbonyl (C=O) groups excluding carboxylic acids is 1. The summed E-state index contributed by atoms with van der Waals surface area (Å²) in [5.74, 6) is 0. The van der Waals surface area contributed by atoms with Crippen molar-refractivity contribution in [3.05, 3.63) is 28.8 Å². The second-order valence-electron chi connectivity index (χ2n) is 4.55. The van der Waals surface area contributed by atoms with E-state index in [2.05, 4.69) is 30.8 Å². The smallest absolute Gasteiger partial charge is 0.411 e. The van der Waals surface area contributed by atoms with Crippen molar-refractivity contribution in [3.63, 3.8) is 0 Å². The van der Waals surface area contributed by atoms with Gasteiger partial charge in [0.05, 0.1) is 17.8 Å². The number of ether oxygens (including phenoxy) is 1. The van der Waals surface area contributed by atoms with E-state index in [1.807, 2.05) is 12.1 Å². The van der Waals surface area contributed by atoms with Crippen LogP contribution >= 0.6 is 11.6 Å². The molecule has 0 saturated carbocycles. The number of amides is 1. The third kappa shape index (κ3) is 3.37. The highest BCUT2D eigenvalue weighted by molar-refractivity contribution is 6.33. The lowest BCUT2D eigenvalue weighted by Gasteiger charge is -2.24. The number of nitrogens with one attached hydrogen (secondary N) is 1. The fourth-order valence-electron chi connectivity index (χ4n) is 1.40. The second kappa shape index (κ2) is 5.41. The van der Waals surface area contributed by atoms with Gasteiger partial charge in [-0.2, -0.15) is 0 Å². The molecular formula is C13H18ClNO2. The summed E-state index contributed by atoms with van der Waals surface area (Å²) in [4.78, 5) is 11.1. The van der Waals surface area contributed by atoms with Crippen LogP contribution in [0.15, 0.2) is 18.2 Å². The Morgan fingerprint density at radius 3 is 2.59 bits per heavy atom. The Bertz CT molecular complexity index is 416. The summed E-state index contributed by atoms with van der Waals surface area (Å²) in [5.41, 5.74) is 1.79. The van der Waals surface area contributed by atoms with Crippen LogP contribution in [-0.4, -0.2) is 13.2 Å². The monoisotopic (exact) mass is 255 g/mol. The van der Waals surface area contributed by atoms with Crippen LogP contribution in [0, 0.1) is 0 Å². The number of carbonyl (C=O) groups is 1. The molecule has 0 aliphatic heterocycles. The molecule has 0 aromatic heterocycles. The number of rotatable bonds is 3. The molecule has 0 spiro atoms. The molecule has 0 heterocycles. The number of hydrogen-bond acceptors (Lipinski definition) is 2. The summed E-state index contributed by atoms with van der Waals surface area (Å²) in [6.45, 7) is 6.45. The van der Waals surface area contributed by atoms with Crippen LogP contribution in [0.4, 0.5) is 10.5 Å². The largest absolute Gasteiger partial charge is 0.453 e. The number of anilines is 1. The molecule has 0 radical (unpaired) electrons. The van der Waals surface area contributed by atoms with Gasteiger partial charge in [-0.05, 0) is 29.5 Å². The van der Waals surface area contributed by atoms with Gasteiger partial charge in [0.25, 0.3) is 0 Å². The van der Waals surface area contributed by atoms with E-state index < -0.39 is 6.09 Å². The molecule has 17 heavy (non-hydrogen) atoms. The minimum atomic E-state index is -0.519.